The van der Waals surface area contributed by atoms with Gasteiger partial charge in [-0.1, -0.05) is 17.7 Å². The van der Waals surface area contributed by atoms with Crippen LogP contribution in [0.25, 0.3) is 11.6 Å². The van der Waals surface area contributed by atoms with Gasteiger partial charge in [0.1, 0.15) is 6.04 Å². The minimum atomic E-state index is -0.647. The molecule has 2 heterocycles. The van der Waals surface area contributed by atoms with Gasteiger partial charge in [0.25, 0.3) is 5.91 Å². The van der Waals surface area contributed by atoms with Gasteiger partial charge in [-0.2, -0.15) is 0 Å². The number of carbonyl (C=O) groups is 3. The standard InChI is InChI=1S/C16H13ClN2O3/c17-9-6-8-2-1-3-10-14(8)12(7-9)19(16(10)22)11-4-5-13(20)18-15(11)21/h2,6-7,11H,1,3-5H2,(H,18,20,21). The first-order valence-electron chi connectivity index (χ1n) is 7.26. The van der Waals surface area contributed by atoms with Gasteiger partial charge in [-0.3, -0.25) is 24.6 Å². The van der Waals surface area contributed by atoms with Crippen LogP contribution in [0.5, 0.6) is 0 Å². The normalized spacial score (nSPS) is 23.3. The minimum Gasteiger partial charge on any atom is -0.295 e. The number of nitrogens with zero attached hydrogens (tertiary/aromatic N) is 1. The summed E-state index contributed by atoms with van der Waals surface area (Å²) in [6.45, 7) is 0. The number of piperidine rings is 1. The van der Waals surface area contributed by atoms with Gasteiger partial charge in [0.2, 0.25) is 11.8 Å². The fourth-order valence-corrected chi connectivity index (χ4v) is 3.72. The molecular weight excluding hydrogens is 304 g/mol. The van der Waals surface area contributed by atoms with E-state index >= 15 is 0 Å². The van der Waals surface area contributed by atoms with E-state index in [0.717, 1.165) is 22.4 Å². The summed E-state index contributed by atoms with van der Waals surface area (Å²) in [6, 6.07) is 2.93. The number of imide groups is 1. The molecule has 22 heavy (non-hydrogen) atoms. The Balaban J connectivity index is 1.88. The number of amides is 3. The number of hydrogen-bond donors (Lipinski definition) is 1. The molecule has 0 bridgehead atoms. The molecule has 1 fully saturated rings. The van der Waals surface area contributed by atoms with Crippen LogP contribution < -0.4 is 20.7 Å². The maximum atomic E-state index is 12.8. The minimum absolute atomic E-state index is 0.138. The SMILES string of the molecule is O=C1CCC(N2C(=O)C3=c4c2cc(Cl)cc4=CCC3)C(=O)N1. The number of carbonyl (C=O) groups excluding carboxylic acids is 3. The lowest BCUT2D eigenvalue weighted by Gasteiger charge is -2.30. The number of nitrogens with one attached hydrogen (secondary N) is 1. The van der Waals surface area contributed by atoms with Crippen molar-refractivity contribution in [1.82, 2.24) is 5.32 Å². The molecule has 3 amide bonds. The summed E-state index contributed by atoms with van der Waals surface area (Å²) >= 11 is 6.17. The van der Waals surface area contributed by atoms with Crippen LogP contribution in [0.2, 0.25) is 5.02 Å². The third-order valence-electron chi connectivity index (χ3n) is 4.43. The average Bonchev–Trinajstić information content (AvgIpc) is 2.74. The molecule has 2 aliphatic heterocycles. The van der Waals surface area contributed by atoms with E-state index in [1.165, 1.54) is 4.90 Å². The predicted molar refractivity (Wildman–Crippen MR) is 81.5 cm³/mol. The number of hydrogen-bond acceptors (Lipinski definition) is 3. The maximum Gasteiger partial charge on any atom is 0.255 e. The monoisotopic (exact) mass is 316 g/mol. The molecule has 1 aromatic carbocycles. The summed E-state index contributed by atoms with van der Waals surface area (Å²) in [5.74, 6) is -0.843. The first kappa shape index (κ1) is 13.5. The van der Waals surface area contributed by atoms with Crippen molar-refractivity contribution < 1.29 is 14.4 Å². The third-order valence-corrected chi connectivity index (χ3v) is 4.65. The molecule has 1 aromatic rings. The van der Waals surface area contributed by atoms with Gasteiger partial charge in [-0.25, -0.2) is 0 Å². The summed E-state index contributed by atoms with van der Waals surface area (Å²) in [7, 11) is 0. The molecule has 6 heteroatoms. The van der Waals surface area contributed by atoms with E-state index in [9.17, 15) is 14.4 Å². The molecule has 1 N–H and O–H groups in total. The molecule has 0 aromatic heterocycles. The highest BCUT2D eigenvalue weighted by Crippen LogP contribution is 2.30. The zero-order valence-corrected chi connectivity index (χ0v) is 12.4. The molecule has 4 rings (SSSR count). The van der Waals surface area contributed by atoms with Gasteiger partial charge in [0.15, 0.2) is 0 Å². The van der Waals surface area contributed by atoms with E-state index in [-0.39, 0.29) is 18.2 Å². The Hall–Kier alpha value is -2.14. The van der Waals surface area contributed by atoms with Crippen molar-refractivity contribution in [2.24, 2.45) is 0 Å². The Morgan fingerprint density at radius 1 is 1.18 bits per heavy atom. The smallest absolute Gasteiger partial charge is 0.255 e. The molecule has 1 unspecified atom stereocenters. The van der Waals surface area contributed by atoms with Gasteiger partial charge in [-0.15, -0.1) is 0 Å². The van der Waals surface area contributed by atoms with Crippen molar-refractivity contribution in [2.45, 2.75) is 31.7 Å². The second-order valence-corrected chi connectivity index (χ2v) is 6.19. The lowest BCUT2D eigenvalue weighted by atomic mass is 10.0. The molecule has 0 radical (unpaired) electrons. The molecule has 1 saturated heterocycles. The fourth-order valence-electron chi connectivity index (χ4n) is 3.50. The van der Waals surface area contributed by atoms with E-state index < -0.39 is 11.9 Å². The zero-order chi connectivity index (χ0) is 15.4. The Kier molecular flexibility index (Phi) is 2.87. The van der Waals surface area contributed by atoms with Gasteiger partial charge in [-0.05, 0) is 36.6 Å². The van der Waals surface area contributed by atoms with E-state index in [1.54, 1.807) is 6.07 Å². The quantitative estimate of drug-likeness (QED) is 0.754. The lowest BCUT2D eigenvalue weighted by Crippen LogP contribution is -2.54. The molecule has 1 atom stereocenters. The van der Waals surface area contributed by atoms with Crippen LogP contribution in [-0.4, -0.2) is 23.8 Å². The third kappa shape index (κ3) is 1.82. The fraction of sp³-hybridized carbons (Fsp3) is 0.312. The van der Waals surface area contributed by atoms with Crippen molar-refractivity contribution >= 4 is 46.7 Å². The number of rotatable bonds is 1. The number of halogens is 1. The summed E-state index contributed by atoms with van der Waals surface area (Å²) in [5, 5.41) is 4.70. The maximum absolute atomic E-state index is 12.8. The Morgan fingerprint density at radius 3 is 2.77 bits per heavy atom. The van der Waals surface area contributed by atoms with E-state index in [4.69, 9.17) is 11.6 Å². The zero-order valence-electron chi connectivity index (χ0n) is 11.7. The predicted octanol–water partition coefficient (Wildman–Crippen LogP) is 0.217. The van der Waals surface area contributed by atoms with Crippen molar-refractivity contribution in [3.8, 4) is 0 Å². The highest BCUT2D eigenvalue weighted by molar-refractivity contribution is 6.32. The lowest BCUT2D eigenvalue weighted by molar-refractivity contribution is -0.135. The van der Waals surface area contributed by atoms with Gasteiger partial charge in [0, 0.05) is 22.2 Å². The molecule has 1 aliphatic carbocycles. The first-order valence-corrected chi connectivity index (χ1v) is 7.64. The summed E-state index contributed by atoms with van der Waals surface area (Å²) in [5.41, 5.74) is 1.43. The van der Waals surface area contributed by atoms with Crippen LogP contribution in [0, 0.1) is 0 Å². The highest BCUT2D eigenvalue weighted by Gasteiger charge is 2.40. The molecule has 5 nitrogen and oxygen atoms in total. The largest absolute Gasteiger partial charge is 0.295 e. The number of anilines is 1. The van der Waals surface area contributed by atoms with E-state index in [2.05, 4.69) is 11.4 Å². The first-order chi connectivity index (χ1) is 10.6. The van der Waals surface area contributed by atoms with Gasteiger partial charge in [0.05, 0.1) is 5.69 Å². The highest BCUT2D eigenvalue weighted by atomic mass is 35.5. The van der Waals surface area contributed by atoms with Crippen LogP contribution in [0.1, 0.15) is 25.7 Å². The van der Waals surface area contributed by atoms with Crippen LogP contribution in [0.3, 0.4) is 0 Å². The van der Waals surface area contributed by atoms with Crippen molar-refractivity contribution in [3.05, 3.63) is 27.6 Å². The summed E-state index contributed by atoms with van der Waals surface area (Å²) in [6.07, 6.45) is 4.11. The van der Waals surface area contributed by atoms with Crippen LogP contribution in [0.4, 0.5) is 5.69 Å². The van der Waals surface area contributed by atoms with Crippen LogP contribution in [0.15, 0.2) is 12.1 Å². The molecule has 0 saturated carbocycles. The second kappa shape index (κ2) is 4.68. The van der Waals surface area contributed by atoms with Crippen molar-refractivity contribution in [2.75, 3.05) is 4.90 Å². The van der Waals surface area contributed by atoms with E-state index in [0.29, 0.717) is 23.6 Å². The topological polar surface area (TPSA) is 66.5 Å². The van der Waals surface area contributed by atoms with Crippen LogP contribution in [-0.2, 0) is 14.4 Å². The Morgan fingerprint density at radius 2 is 2.00 bits per heavy atom. The van der Waals surface area contributed by atoms with Gasteiger partial charge < -0.3 is 0 Å². The van der Waals surface area contributed by atoms with Gasteiger partial charge >= 0.3 is 0 Å². The Bertz CT molecular complexity index is 859. The molecule has 112 valence electrons. The molecule has 3 aliphatic rings. The summed E-state index contributed by atoms with van der Waals surface area (Å²) in [4.78, 5) is 37.8. The number of benzene rings is 1. The molecule has 0 spiro atoms. The molecular formula is C16H13ClN2O3. The van der Waals surface area contributed by atoms with Crippen molar-refractivity contribution in [1.29, 1.82) is 0 Å². The van der Waals surface area contributed by atoms with Crippen LogP contribution >= 0.6 is 11.6 Å². The van der Waals surface area contributed by atoms with Crippen molar-refractivity contribution in [3.63, 3.8) is 0 Å². The second-order valence-electron chi connectivity index (χ2n) is 5.75. The summed E-state index contributed by atoms with van der Waals surface area (Å²) < 4.78 is 0. The van der Waals surface area contributed by atoms with E-state index in [1.807, 2.05) is 6.07 Å². The Labute approximate surface area is 131 Å². The average molecular weight is 317 g/mol.